The van der Waals surface area contributed by atoms with Gasteiger partial charge in [-0.15, -0.1) is 10.2 Å². The lowest BCUT2D eigenvalue weighted by atomic mass is 9.96. The Labute approximate surface area is 203 Å². The minimum atomic E-state index is -0.325. The smallest absolute Gasteiger partial charge is 0.319 e. The molecule has 1 aromatic carbocycles. The number of aryl methyl sites for hydroxylation is 1. The molecule has 2 aliphatic rings. The zero-order valence-corrected chi connectivity index (χ0v) is 20.2. The second kappa shape index (κ2) is 9.36. The molecule has 4 heterocycles. The number of anilines is 1. The minimum Gasteiger partial charge on any atom is -0.496 e. The van der Waals surface area contributed by atoms with E-state index in [1.807, 2.05) is 24.3 Å². The van der Waals surface area contributed by atoms with Crippen molar-refractivity contribution in [3.63, 3.8) is 0 Å². The van der Waals surface area contributed by atoms with Gasteiger partial charge in [0, 0.05) is 40.2 Å². The predicted molar refractivity (Wildman–Crippen MR) is 130 cm³/mol. The van der Waals surface area contributed by atoms with Crippen molar-refractivity contribution in [3.05, 3.63) is 52.8 Å². The average molecular weight is 476 g/mol. The van der Waals surface area contributed by atoms with Crippen LogP contribution in [0.25, 0.3) is 11.5 Å². The van der Waals surface area contributed by atoms with Crippen LogP contribution in [0.5, 0.6) is 5.75 Å². The lowest BCUT2D eigenvalue weighted by molar-refractivity contribution is 0.102. The molecule has 0 fully saturated rings. The van der Waals surface area contributed by atoms with Crippen molar-refractivity contribution in [1.82, 2.24) is 29.5 Å². The maximum Gasteiger partial charge on any atom is 0.319 e. The molecule has 1 N–H and O–H groups in total. The molecule has 0 radical (unpaired) electrons. The molecule has 10 heteroatoms. The summed E-state index contributed by atoms with van der Waals surface area (Å²) >= 11 is 0. The Bertz CT molecular complexity index is 1280. The summed E-state index contributed by atoms with van der Waals surface area (Å²) in [5.74, 6) is 2.28. The maximum atomic E-state index is 13.3. The largest absolute Gasteiger partial charge is 0.496 e. The van der Waals surface area contributed by atoms with E-state index >= 15 is 0 Å². The fraction of sp³-hybridized carbons (Fsp3) is 0.400. The number of methoxy groups -OCH3 is 1. The molecule has 0 saturated heterocycles. The van der Waals surface area contributed by atoms with Gasteiger partial charge in [0.15, 0.2) is 5.82 Å². The third-order valence-corrected chi connectivity index (χ3v) is 6.51. The average Bonchev–Trinajstić information content (AvgIpc) is 3.31. The monoisotopic (exact) mass is 475 g/mol. The number of urea groups is 1. The zero-order chi connectivity index (χ0) is 24.5. The lowest BCUT2D eigenvalue weighted by Crippen LogP contribution is -2.42. The molecule has 0 aliphatic carbocycles. The van der Waals surface area contributed by atoms with E-state index in [1.54, 1.807) is 37.1 Å². The first-order valence-electron chi connectivity index (χ1n) is 11.8. The fourth-order valence-corrected chi connectivity index (χ4v) is 4.69. The number of carbonyl (C=O) groups is 2. The van der Waals surface area contributed by atoms with Crippen LogP contribution < -0.4 is 10.1 Å². The highest BCUT2D eigenvalue weighted by Gasteiger charge is 2.25. The second-order valence-electron chi connectivity index (χ2n) is 9.08. The third kappa shape index (κ3) is 4.43. The normalized spacial score (nSPS) is 14.7. The van der Waals surface area contributed by atoms with E-state index in [4.69, 9.17) is 4.74 Å². The van der Waals surface area contributed by atoms with Crippen LogP contribution in [0.3, 0.4) is 0 Å². The first-order chi connectivity index (χ1) is 16.9. The summed E-state index contributed by atoms with van der Waals surface area (Å²) in [6, 6.07) is 9.13. The Kier molecular flexibility index (Phi) is 6.10. The number of hydrogen-bond donors (Lipinski definition) is 1. The van der Waals surface area contributed by atoms with Gasteiger partial charge in [0.25, 0.3) is 5.91 Å². The van der Waals surface area contributed by atoms with Crippen LogP contribution in [-0.4, -0.2) is 69.2 Å². The number of rotatable bonds is 4. The summed E-state index contributed by atoms with van der Waals surface area (Å²) in [5.41, 5.74) is 3.09. The summed E-state index contributed by atoms with van der Waals surface area (Å²) in [7, 11) is 5.03. The van der Waals surface area contributed by atoms with Crippen molar-refractivity contribution in [1.29, 1.82) is 0 Å². The Morgan fingerprint density at radius 2 is 1.91 bits per heavy atom. The Hall–Kier alpha value is -3.95. The number of fused-ring (bicyclic) bond motifs is 2. The summed E-state index contributed by atoms with van der Waals surface area (Å²) in [5, 5.41) is 11.5. The number of hydrogen-bond acceptors (Lipinski definition) is 6. The number of benzene rings is 1. The van der Waals surface area contributed by atoms with E-state index in [2.05, 4.69) is 25.1 Å². The first-order valence-corrected chi connectivity index (χ1v) is 11.8. The fourth-order valence-electron chi connectivity index (χ4n) is 4.69. The predicted octanol–water partition coefficient (Wildman–Crippen LogP) is 2.98. The molecule has 2 aliphatic heterocycles. The van der Waals surface area contributed by atoms with Gasteiger partial charge in [-0.25, -0.2) is 9.78 Å². The second-order valence-corrected chi connectivity index (χ2v) is 9.08. The molecule has 0 saturated carbocycles. The minimum absolute atomic E-state index is 0.0471. The van der Waals surface area contributed by atoms with E-state index in [0.29, 0.717) is 48.2 Å². The Morgan fingerprint density at radius 3 is 2.71 bits per heavy atom. The van der Waals surface area contributed by atoms with Gasteiger partial charge in [-0.3, -0.25) is 4.79 Å². The highest BCUT2D eigenvalue weighted by molar-refractivity contribution is 6.06. The summed E-state index contributed by atoms with van der Waals surface area (Å²) in [6.07, 6.45) is 3.83. The van der Waals surface area contributed by atoms with E-state index in [9.17, 15) is 9.59 Å². The summed E-state index contributed by atoms with van der Waals surface area (Å²) in [4.78, 5) is 33.7. The van der Waals surface area contributed by atoms with Crippen molar-refractivity contribution >= 4 is 17.8 Å². The van der Waals surface area contributed by atoms with Gasteiger partial charge in [-0.2, -0.15) is 0 Å². The third-order valence-electron chi connectivity index (χ3n) is 6.51. The molecule has 35 heavy (non-hydrogen) atoms. The molecule has 3 aromatic rings. The van der Waals surface area contributed by atoms with Gasteiger partial charge >= 0.3 is 6.03 Å². The number of aromatic nitrogens is 4. The van der Waals surface area contributed by atoms with Crippen LogP contribution in [0.4, 0.5) is 10.6 Å². The molecule has 0 atom stereocenters. The summed E-state index contributed by atoms with van der Waals surface area (Å²) in [6.45, 7) is 1.94. The molecule has 0 bridgehead atoms. The van der Waals surface area contributed by atoms with Crippen molar-refractivity contribution in [2.45, 2.75) is 38.8 Å². The molecule has 2 aromatic heterocycles. The quantitative estimate of drug-likeness (QED) is 0.622. The van der Waals surface area contributed by atoms with Crippen molar-refractivity contribution < 1.29 is 14.3 Å². The van der Waals surface area contributed by atoms with Crippen LogP contribution in [0, 0.1) is 0 Å². The molecular weight excluding hydrogens is 446 g/mol. The zero-order valence-electron chi connectivity index (χ0n) is 20.2. The first kappa shape index (κ1) is 22.8. The lowest BCUT2D eigenvalue weighted by Gasteiger charge is -2.31. The molecular formula is C25H29N7O3. The van der Waals surface area contributed by atoms with E-state index < -0.39 is 0 Å². The van der Waals surface area contributed by atoms with Crippen LogP contribution in [0.2, 0.25) is 0 Å². The van der Waals surface area contributed by atoms with Crippen LogP contribution in [0.1, 0.15) is 40.2 Å². The maximum absolute atomic E-state index is 13.3. The molecule has 5 rings (SSSR count). The van der Waals surface area contributed by atoms with Crippen molar-refractivity contribution in [3.8, 4) is 17.3 Å². The van der Waals surface area contributed by atoms with Crippen molar-refractivity contribution in [2.75, 3.05) is 33.1 Å². The molecule has 3 amide bonds. The number of nitrogens with zero attached hydrogens (tertiary/aromatic N) is 6. The highest BCUT2D eigenvalue weighted by atomic mass is 16.5. The van der Waals surface area contributed by atoms with Crippen LogP contribution in [-0.2, 0) is 25.9 Å². The number of ether oxygens (including phenoxy) is 1. The Balaban J connectivity index is 1.39. The number of nitrogens with one attached hydrogen (secondary N) is 1. The molecule has 10 nitrogen and oxygen atoms in total. The van der Waals surface area contributed by atoms with Gasteiger partial charge < -0.3 is 24.4 Å². The highest BCUT2D eigenvalue weighted by Crippen LogP contribution is 2.29. The van der Waals surface area contributed by atoms with Crippen LogP contribution in [0.15, 0.2) is 30.3 Å². The Morgan fingerprint density at radius 1 is 1.06 bits per heavy atom. The molecule has 182 valence electrons. The SMILES string of the molecule is COc1cc2c(cc1C(=O)Nc1cccc(-c3nnc4n3CCCC4)n1)CN(C(=O)N(C)C)CC2. The van der Waals surface area contributed by atoms with E-state index in [1.165, 1.54) is 0 Å². The molecule has 0 spiro atoms. The number of pyridine rings is 1. The van der Waals surface area contributed by atoms with Crippen LogP contribution >= 0.6 is 0 Å². The van der Waals surface area contributed by atoms with Gasteiger partial charge in [0.05, 0.1) is 12.7 Å². The number of carbonyl (C=O) groups excluding carboxylic acids is 2. The van der Waals surface area contributed by atoms with Gasteiger partial charge in [0.1, 0.15) is 23.1 Å². The van der Waals surface area contributed by atoms with Gasteiger partial charge in [-0.05, 0) is 54.7 Å². The van der Waals surface area contributed by atoms with Gasteiger partial charge in [0.2, 0.25) is 0 Å². The standard InChI is InChI=1S/C25H29N7O3/c1-30(2)25(34)31-12-10-16-14-20(35-3)18(13-17(16)15-31)24(33)27-21-8-6-7-19(26-21)23-29-28-22-9-4-5-11-32(22)23/h6-8,13-14H,4-5,9-12,15H2,1-3H3,(H,26,27,33). The van der Waals surface area contributed by atoms with Gasteiger partial charge in [-0.1, -0.05) is 6.07 Å². The molecule has 0 unspecified atom stereocenters. The summed E-state index contributed by atoms with van der Waals surface area (Å²) < 4.78 is 7.64. The van der Waals surface area contributed by atoms with E-state index in [-0.39, 0.29) is 11.9 Å². The van der Waals surface area contributed by atoms with Crippen molar-refractivity contribution in [2.24, 2.45) is 0 Å². The topological polar surface area (TPSA) is 105 Å². The van der Waals surface area contributed by atoms with E-state index in [0.717, 1.165) is 42.8 Å². The number of amides is 3.